The van der Waals surface area contributed by atoms with Crippen LogP contribution in [0.3, 0.4) is 0 Å². The highest BCUT2D eigenvalue weighted by atomic mass is 16.6. The van der Waals surface area contributed by atoms with Crippen LogP contribution in [0.1, 0.15) is 48.7 Å². The molecule has 0 aliphatic carbocycles. The first-order chi connectivity index (χ1) is 8.29. The van der Waals surface area contributed by atoms with Crippen molar-refractivity contribution in [3.63, 3.8) is 0 Å². The topological polar surface area (TPSA) is 112 Å². The Hall–Kier alpha value is -1.96. The van der Waals surface area contributed by atoms with Gasteiger partial charge in [0.25, 0.3) is 5.91 Å². The highest BCUT2D eigenvalue weighted by Crippen LogP contribution is 2.14. The fraction of sp³-hybridized carbons (Fsp3) is 0.600. The summed E-state index contributed by atoms with van der Waals surface area (Å²) >= 11 is 0. The highest BCUT2D eigenvalue weighted by molar-refractivity contribution is 6.02. The van der Waals surface area contributed by atoms with E-state index in [1.165, 1.54) is 0 Å². The molecule has 0 saturated heterocycles. The lowest BCUT2D eigenvalue weighted by molar-refractivity contribution is 0.0493. The van der Waals surface area contributed by atoms with Gasteiger partial charge in [-0.25, -0.2) is 15.3 Å². The third kappa shape index (κ3) is 2.83. The van der Waals surface area contributed by atoms with Crippen LogP contribution in [0, 0.1) is 0 Å². The van der Waals surface area contributed by atoms with E-state index in [0.717, 1.165) is 5.01 Å². The van der Waals surface area contributed by atoms with Gasteiger partial charge in [0, 0.05) is 0 Å². The number of aromatic nitrogens is 2. The van der Waals surface area contributed by atoms with Crippen LogP contribution < -0.4 is 5.84 Å². The summed E-state index contributed by atoms with van der Waals surface area (Å²) in [6, 6.07) is 0. The Labute approximate surface area is 104 Å². The Balaban J connectivity index is 3.01. The summed E-state index contributed by atoms with van der Waals surface area (Å²) in [6.45, 7) is 7.01. The van der Waals surface area contributed by atoms with Crippen molar-refractivity contribution in [3.05, 3.63) is 11.4 Å². The van der Waals surface area contributed by atoms with E-state index in [9.17, 15) is 9.59 Å². The van der Waals surface area contributed by atoms with Crippen molar-refractivity contribution in [1.82, 2.24) is 15.3 Å². The zero-order valence-corrected chi connectivity index (χ0v) is 10.8. The Morgan fingerprint density at radius 1 is 1.33 bits per heavy atom. The van der Waals surface area contributed by atoms with Crippen LogP contribution >= 0.6 is 0 Å². The monoisotopic (exact) mass is 256 g/mol. The molecule has 1 amide bonds. The van der Waals surface area contributed by atoms with E-state index in [2.05, 4.69) is 14.9 Å². The predicted molar refractivity (Wildman–Crippen MR) is 60.4 cm³/mol. The number of amides is 1. The molecule has 18 heavy (non-hydrogen) atoms. The molecular weight excluding hydrogens is 240 g/mol. The average Bonchev–Trinajstić information content (AvgIpc) is 2.75. The molecule has 0 aromatic carbocycles. The van der Waals surface area contributed by atoms with Crippen LogP contribution in [0.5, 0.6) is 0 Å². The molecule has 0 spiro atoms. The number of hydrogen-bond acceptors (Lipinski definition) is 7. The maximum Gasteiger partial charge on any atom is 0.363 e. The fourth-order valence-corrected chi connectivity index (χ4v) is 1.08. The number of rotatable bonds is 3. The molecule has 1 aromatic rings. The summed E-state index contributed by atoms with van der Waals surface area (Å²) in [5.41, 5.74) is -1.16. The Morgan fingerprint density at radius 2 is 1.89 bits per heavy atom. The number of hydrazine groups is 1. The van der Waals surface area contributed by atoms with E-state index >= 15 is 0 Å². The number of carbonyl (C=O) groups is 2. The standard InChI is InChI=1S/C10H16N4O4/c1-5-17-9(16)7-6(12-18-13-7)8(15)14(11)10(2,3)4/h5,11H2,1-4H3. The van der Waals surface area contributed by atoms with E-state index in [1.54, 1.807) is 27.7 Å². The zero-order valence-electron chi connectivity index (χ0n) is 10.8. The molecule has 1 heterocycles. The van der Waals surface area contributed by atoms with E-state index in [1.807, 2.05) is 0 Å². The molecule has 0 aliphatic rings. The Bertz CT molecular complexity index is 449. The van der Waals surface area contributed by atoms with Crippen LogP contribution in [0.4, 0.5) is 0 Å². The lowest BCUT2D eigenvalue weighted by Crippen LogP contribution is -2.50. The fourth-order valence-electron chi connectivity index (χ4n) is 1.08. The van der Waals surface area contributed by atoms with Crippen molar-refractivity contribution in [3.8, 4) is 0 Å². The van der Waals surface area contributed by atoms with Crippen molar-refractivity contribution in [2.45, 2.75) is 33.2 Å². The SMILES string of the molecule is CCOC(=O)c1nonc1C(=O)N(N)C(C)(C)C. The number of nitrogens with zero attached hydrogens (tertiary/aromatic N) is 3. The van der Waals surface area contributed by atoms with Crippen molar-refractivity contribution in [2.24, 2.45) is 5.84 Å². The van der Waals surface area contributed by atoms with Gasteiger partial charge in [0.2, 0.25) is 11.4 Å². The van der Waals surface area contributed by atoms with Gasteiger partial charge in [-0.3, -0.25) is 9.80 Å². The number of carbonyl (C=O) groups excluding carboxylic acids is 2. The van der Waals surface area contributed by atoms with E-state index in [-0.39, 0.29) is 18.0 Å². The maximum atomic E-state index is 12.0. The van der Waals surface area contributed by atoms with Crippen LogP contribution in [-0.2, 0) is 4.74 Å². The minimum absolute atomic E-state index is 0.158. The van der Waals surface area contributed by atoms with Gasteiger partial charge in [-0.05, 0) is 38.0 Å². The predicted octanol–water partition coefficient (Wildman–Crippen LogP) is 0.361. The molecule has 0 unspecified atom stereocenters. The summed E-state index contributed by atoms with van der Waals surface area (Å²) in [5, 5.41) is 7.71. The van der Waals surface area contributed by atoms with Crippen LogP contribution in [0.2, 0.25) is 0 Å². The highest BCUT2D eigenvalue weighted by Gasteiger charge is 2.32. The first-order valence-corrected chi connectivity index (χ1v) is 5.38. The van der Waals surface area contributed by atoms with Gasteiger partial charge in [-0.15, -0.1) is 0 Å². The van der Waals surface area contributed by atoms with Gasteiger partial charge in [0.1, 0.15) is 0 Å². The molecule has 8 nitrogen and oxygen atoms in total. The second-order valence-corrected chi connectivity index (χ2v) is 4.53. The molecule has 2 N–H and O–H groups in total. The van der Waals surface area contributed by atoms with Gasteiger partial charge in [0.15, 0.2) is 0 Å². The number of esters is 1. The lowest BCUT2D eigenvalue weighted by atomic mass is 10.1. The van der Waals surface area contributed by atoms with Gasteiger partial charge in [-0.1, -0.05) is 0 Å². The molecule has 0 fully saturated rings. The normalized spacial score (nSPS) is 11.2. The first kappa shape index (κ1) is 14.1. The molecule has 0 atom stereocenters. The zero-order chi connectivity index (χ0) is 13.9. The van der Waals surface area contributed by atoms with Gasteiger partial charge in [-0.2, -0.15) is 0 Å². The smallest absolute Gasteiger partial charge is 0.363 e. The quantitative estimate of drug-likeness (QED) is 0.359. The summed E-state index contributed by atoms with van der Waals surface area (Å²) < 4.78 is 9.12. The third-order valence-electron chi connectivity index (χ3n) is 2.10. The third-order valence-corrected chi connectivity index (χ3v) is 2.10. The molecule has 0 bridgehead atoms. The average molecular weight is 256 g/mol. The van der Waals surface area contributed by atoms with Crippen molar-refractivity contribution in [2.75, 3.05) is 6.61 Å². The summed E-state index contributed by atoms with van der Waals surface area (Å²) in [5.74, 6) is 4.22. The summed E-state index contributed by atoms with van der Waals surface area (Å²) in [7, 11) is 0. The molecule has 0 aliphatic heterocycles. The largest absolute Gasteiger partial charge is 0.461 e. The Morgan fingerprint density at radius 3 is 2.39 bits per heavy atom. The van der Waals surface area contributed by atoms with Crippen LogP contribution in [-0.4, -0.2) is 39.3 Å². The Kier molecular flexibility index (Phi) is 4.02. The van der Waals surface area contributed by atoms with Gasteiger partial charge >= 0.3 is 5.97 Å². The number of ether oxygens (including phenoxy) is 1. The minimum atomic E-state index is -0.774. The molecule has 8 heteroatoms. The number of nitrogens with two attached hydrogens (primary N) is 1. The molecule has 100 valence electrons. The van der Waals surface area contributed by atoms with Gasteiger partial charge < -0.3 is 4.74 Å². The second kappa shape index (κ2) is 5.13. The molecule has 0 radical (unpaired) electrons. The van der Waals surface area contributed by atoms with E-state index in [4.69, 9.17) is 10.6 Å². The first-order valence-electron chi connectivity index (χ1n) is 5.38. The van der Waals surface area contributed by atoms with Crippen LogP contribution in [0.25, 0.3) is 0 Å². The van der Waals surface area contributed by atoms with Crippen molar-refractivity contribution >= 4 is 11.9 Å². The maximum absolute atomic E-state index is 12.0. The summed E-state index contributed by atoms with van der Waals surface area (Å²) in [4.78, 5) is 23.5. The minimum Gasteiger partial charge on any atom is -0.461 e. The lowest BCUT2D eigenvalue weighted by Gasteiger charge is -2.30. The van der Waals surface area contributed by atoms with Crippen molar-refractivity contribution in [1.29, 1.82) is 0 Å². The second-order valence-electron chi connectivity index (χ2n) is 4.53. The van der Waals surface area contributed by atoms with E-state index < -0.39 is 17.4 Å². The molecule has 1 aromatic heterocycles. The van der Waals surface area contributed by atoms with Gasteiger partial charge in [0.05, 0.1) is 12.1 Å². The van der Waals surface area contributed by atoms with E-state index in [0.29, 0.717) is 0 Å². The molecule has 1 rings (SSSR count). The van der Waals surface area contributed by atoms with Crippen LogP contribution in [0.15, 0.2) is 4.63 Å². The van der Waals surface area contributed by atoms with Crippen molar-refractivity contribution < 1.29 is 19.0 Å². The molecule has 0 saturated carbocycles. The molecular formula is C10H16N4O4. The summed E-state index contributed by atoms with van der Waals surface area (Å²) in [6.07, 6.45) is 0. The number of hydrogen-bond donors (Lipinski definition) is 1.